The summed E-state index contributed by atoms with van der Waals surface area (Å²) in [6, 6.07) is 0. The molecule has 1 aliphatic rings. The third-order valence-corrected chi connectivity index (χ3v) is 2.79. The van der Waals surface area contributed by atoms with Crippen LogP contribution >= 0.6 is 0 Å². The molecule has 3 heteroatoms. The summed E-state index contributed by atoms with van der Waals surface area (Å²) in [6.45, 7) is 1.94. The Morgan fingerprint density at radius 2 is 2.08 bits per heavy atom. The van der Waals surface area contributed by atoms with Gasteiger partial charge in [0, 0.05) is 5.92 Å². The molecular formula is C9H15FO2. The minimum absolute atomic E-state index is 0.227. The Balaban J connectivity index is 2.53. The number of hydrogen-bond acceptors (Lipinski definition) is 1. The minimum atomic E-state index is -1.65. The number of hydrogen-bond donors (Lipinski definition) is 1. The molecule has 1 rings (SSSR count). The second kappa shape index (κ2) is 3.87. The zero-order chi connectivity index (χ0) is 9.14. The van der Waals surface area contributed by atoms with Gasteiger partial charge in [-0.05, 0) is 12.3 Å². The van der Waals surface area contributed by atoms with E-state index in [-0.39, 0.29) is 11.8 Å². The monoisotopic (exact) mass is 174 g/mol. The van der Waals surface area contributed by atoms with E-state index in [9.17, 15) is 9.18 Å². The Morgan fingerprint density at radius 1 is 1.50 bits per heavy atom. The van der Waals surface area contributed by atoms with Crippen LogP contribution in [0.4, 0.5) is 4.39 Å². The van der Waals surface area contributed by atoms with Crippen LogP contribution in [0.25, 0.3) is 0 Å². The summed E-state index contributed by atoms with van der Waals surface area (Å²) in [5.41, 5.74) is 0. The molecule has 1 aliphatic carbocycles. The van der Waals surface area contributed by atoms with Gasteiger partial charge in [-0.3, -0.25) is 0 Å². The normalized spacial score (nSPS) is 32.8. The van der Waals surface area contributed by atoms with Crippen LogP contribution in [-0.4, -0.2) is 17.2 Å². The highest BCUT2D eigenvalue weighted by molar-refractivity contribution is 5.72. The van der Waals surface area contributed by atoms with Crippen molar-refractivity contribution in [3.05, 3.63) is 0 Å². The average Bonchev–Trinajstić information content (AvgIpc) is 2.04. The van der Waals surface area contributed by atoms with Crippen LogP contribution in [0.15, 0.2) is 0 Å². The molecule has 12 heavy (non-hydrogen) atoms. The molecule has 1 fully saturated rings. The van der Waals surface area contributed by atoms with Gasteiger partial charge < -0.3 is 5.11 Å². The quantitative estimate of drug-likeness (QED) is 0.697. The molecule has 0 aromatic carbocycles. The van der Waals surface area contributed by atoms with Crippen LogP contribution in [-0.2, 0) is 4.79 Å². The van der Waals surface area contributed by atoms with Gasteiger partial charge in [0.2, 0.25) is 0 Å². The van der Waals surface area contributed by atoms with Crippen LogP contribution < -0.4 is 0 Å². The maximum Gasteiger partial charge on any atom is 0.338 e. The zero-order valence-corrected chi connectivity index (χ0v) is 7.29. The van der Waals surface area contributed by atoms with E-state index in [2.05, 4.69) is 0 Å². The molecule has 0 heterocycles. The van der Waals surface area contributed by atoms with Crippen LogP contribution in [0.5, 0.6) is 0 Å². The van der Waals surface area contributed by atoms with Crippen LogP contribution in [0.2, 0.25) is 0 Å². The van der Waals surface area contributed by atoms with Gasteiger partial charge in [-0.2, -0.15) is 0 Å². The topological polar surface area (TPSA) is 37.3 Å². The van der Waals surface area contributed by atoms with Crippen molar-refractivity contribution in [1.82, 2.24) is 0 Å². The summed E-state index contributed by atoms with van der Waals surface area (Å²) < 4.78 is 13.1. The van der Waals surface area contributed by atoms with E-state index >= 15 is 0 Å². The molecule has 2 nitrogen and oxygen atoms in total. The van der Waals surface area contributed by atoms with Gasteiger partial charge in [-0.15, -0.1) is 0 Å². The minimum Gasteiger partial charge on any atom is -0.479 e. The predicted octanol–water partition coefficient (Wildman–Crippen LogP) is 2.24. The third kappa shape index (κ3) is 1.96. The molecule has 3 atom stereocenters. The highest BCUT2D eigenvalue weighted by atomic mass is 19.1. The molecule has 0 aromatic rings. The lowest BCUT2D eigenvalue weighted by atomic mass is 9.78. The summed E-state index contributed by atoms with van der Waals surface area (Å²) >= 11 is 0. The number of aliphatic carboxylic acids is 1. The van der Waals surface area contributed by atoms with E-state index in [1.54, 1.807) is 0 Å². The van der Waals surface area contributed by atoms with Gasteiger partial charge in [0.25, 0.3) is 0 Å². The van der Waals surface area contributed by atoms with E-state index in [4.69, 9.17) is 5.11 Å². The summed E-state index contributed by atoms with van der Waals surface area (Å²) in [6.07, 6.45) is 2.14. The predicted molar refractivity (Wildman–Crippen MR) is 43.7 cm³/mol. The van der Waals surface area contributed by atoms with Crippen molar-refractivity contribution in [2.75, 3.05) is 0 Å². The highest BCUT2D eigenvalue weighted by Gasteiger charge is 2.33. The van der Waals surface area contributed by atoms with Crippen LogP contribution in [0, 0.1) is 11.8 Å². The first-order chi connectivity index (χ1) is 5.63. The maximum absolute atomic E-state index is 13.1. The fraction of sp³-hybridized carbons (Fsp3) is 0.889. The lowest BCUT2D eigenvalue weighted by Crippen LogP contribution is -2.32. The number of alkyl halides is 1. The zero-order valence-electron chi connectivity index (χ0n) is 7.29. The van der Waals surface area contributed by atoms with Gasteiger partial charge in [0.15, 0.2) is 6.17 Å². The van der Waals surface area contributed by atoms with Crippen molar-refractivity contribution < 1.29 is 14.3 Å². The van der Waals surface area contributed by atoms with Crippen molar-refractivity contribution in [2.45, 2.75) is 38.8 Å². The number of halogens is 1. The van der Waals surface area contributed by atoms with E-state index < -0.39 is 12.1 Å². The van der Waals surface area contributed by atoms with Gasteiger partial charge in [-0.25, -0.2) is 9.18 Å². The van der Waals surface area contributed by atoms with Gasteiger partial charge in [0.1, 0.15) is 0 Å². The van der Waals surface area contributed by atoms with Crippen molar-refractivity contribution in [1.29, 1.82) is 0 Å². The molecular weight excluding hydrogens is 159 g/mol. The van der Waals surface area contributed by atoms with Gasteiger partial charge in [-0.1, -0.05) is 26.2 Å². The van der Waals surface area contributed by atoms with E-state index in [0.717, 1.165) is 25.7 Å². The Bertz CT molecular complexity index is 170. The maximum atomic E-state index is 13.1. The molecule has 0 spiro atoms. The summed E-state index contributed by atoms with van der Waals surface area (Å²) in [7, 11) is 0. The number of rotatable bonds is 2. The molecule has 1 N–H and O–H groups in total. The lowest BCUT2D eigenvalue weighted by molar-refractivity contribution is -0.146. The molecule has 3 unspecified atom stereocenters. The third-order valence-electron chi connectivity index (χ3n) is 2.79. The Morgan fingerprint density at radius 3 is 2.58 bits per heavy atom. The Kier molecular flexibility index (Phi) is 3.06. The smallest absolute Gasteiger partial charge is 0.338 e. The van der Waals surface area contributed by atoms with Crippen LogP contribution in [0.1, 0.15) is 32.6 Å². The number of carbonyl (C=O) groups is 1. The second-order valence-electron chi connectivity index (χ2n) is 3.67. The molecule has 0 aromatic heterocycles. The molecule has 0 bridgehead atoms. The Hall–Kier alpha value is -0.600. The van der Waals surface area contributed by atoms with Gasteiger partial charge >= 0.3 is 5.97 Å². The largest absolute Gasteiger partial charge is 0.479 e. The van der Waals surface area contributed by atoms with Crippen molar-refractivity contribution in [3.63, 3.8) is 0 Å². The molecule has 0 amide bonds. The standard InChI is InChI=1S/C9H15FO2/c1-6-4-2-3-5-7(6)8(10)9(11)12/h6-8H,2-5H2,1H3,(H,11,12). The second-order valence-corrected chi connectivity index (χ2v) is 3.67. The Labute approximate surface area is 71.8 Å². The van der Waals surface area contributed by atoms with Crippen LogP contribution in [0.3, 0.4) is 0 Å². The molecule has 1 saturated carbocycles. The molecule has 0 aliphatic heterocycles. The lowest BCUT2D eigenvalue weighted by Gasteiger charge is -2.29. The van der Waals surface area contributed by atoms with E-state index in [1.807, 2.05) is 6.92 Å². The SMILES string of the molecule is CC1CCCCC1C(F)C(=O)O. The average molecular weight is 174 g/mol. The van der Waals surface area contributed by atoms with Crippen molar-refractivity contribution >= 4 is 5.97 Å². The van der Waals surface area contributed by atoms with Gasteiger partial charge in [0.05, 0.1) is 0 Å². The number of carboxylic acid groups (broad SMARTS) is 1. The first-order valence-electron chi connectivity index (χ1n) is 4.50. The first-order valence-corrected chi connectivity index (χ1v) is 4.50. The highest BCUT2D eigenvalue weighted by Crippen LogP contribution is 2.33. The molecule has 0 saturated heterocycles. The first kappa shape index (κ1) is 9.49. The summed E-state index contributed by atoms with van der Waals surface area (Å²) in [5.74, 6) is -1.32. The summed E-state index contributed by atoms with van der Waals surface area (Å²) in [4.78, 5) is 10.4. The number of carboxylic acids is 1. The fourth-order valence-corrected chi connectivity index (χ4v) is 1.96. The fourth-order valence-electron chi connectivity index (χ4n) is 1.96. The summed E-state index contributed by atoms with van der Waals surface area (Å²) in [5, 5.41) is 8.48. The van der Waals surface area contributed by atoms with E-state index in [1.165, 1.54) is 0 Å². The molecule has 70 valence electrons. The van der Waals surface area contributed by atoms with Crippen molar-refractivity contribution in [3.8, 4) is 0 Å². The van der Waals surface area contributed by atoms with Crippen molar-refractivity contribution in [2.24, 2.45) is 11.8 Å². The molecule has 0 radical (unpaired) electrons. The van der Waals surface area contributed by atoms with E-state index in [0.29, 0.717) is 0 Å².